The molecule has 6 nitrogen and oxygen atoms in total. The van der Waals surface area contributed by atoms with Crippen molar-refractivity contribution in [2.24, 2.45) is 7.05 Å². The molecular weight excluding hydrogens is 232 g/mol. The van der Waals surface area contributed by atoms with Gasteiger partial charge in [0.1, 0.15) is 5.54 Å². The number of piperazine rings is 1. The summed E-state index contributed by atoms with van der Waals surface area (Å²) < 4.78 is 1.66. The molecule has 1 saturated heterocycles. The summed E-state index contributed by atoms with van der Waals surface area (Å²) in [7, 11) is 1.79. The molecule has 0 saturated carbocycles. The van der Waals surface area contributed by atoms with Gasteiger partial charge >= 0.3 is 0 Å². The fourth-order valence-electron chi connectivity index (χ4n) is 2.06. The monoisotopic (exact) mass is 250 g/mol. The van der Waals surface area contributed by atoms with E-state index in [4.69, 9.17) is 0 Å². The van der Waals surface area contributed by atoms with Gasteiger partial charge in [-0.1, -0.05) is 0 Å². The quantitative estimate of drug-likeness (QED) is 0.767. The molecular formula is C12H18N4O2. The van der Waals surface area contributed by atoms with Crippen molar-refractivity contribution < 1.29 is 9.59 Å². The number of rotatable bonds is 1. The zero-order valence-corrected chi connectivity index (χ0v) is 11.1. The summed E-state index contributed by atoms with van der Waals surface area (Å²) in [4.78, 5) is 25.8. The van der Waals surface area contributed by atoms with E-state index in [2.05, 4.69) is 10.4 Å². The fraction of sp³-hybridized carbons (Fsp3) is 0.583. The highest BCUT2D eigenvalue weighted by Crippen LogP contribution is 2.20. The van der Waals surface area contributed by atoms with Crippen LogP contribution in [0.5, 0.6) is 0 Å². The molecule has 18 heavy (non-hydrogen) atoms. The van der Waals surface area contributed by atoms with Crippen molar-refractivity contribution in [3.8, 4) is 0 Å². The molecule has 2 heterocycles. The standard InChI is InChI=1S/C12H18N4O2/c1-8-7-9(14-15(8)4)10(17)16-6-5-13-11(18)12(16,2)3/h7H,5-6H2,1-4H3,(H,13,18). The van der Waals surface area contributed by atoms with Crippen LogP contribution in [0, 0.1) is 6.92 Å². The molecule has 6 heteroatoms. The smallest absolute Gasteiger partial charge is 0.275 e. The lowest BCUT2D eigenvalue weighted by Crippen LogP contribution is -2.63. The second-order valence-electron chi connectivity index (χ2n) is 5.07. The number of aryl methyl sites for hydroxylation is 2. The van der Waals surface area contributed by atoms with E-state index < -0.39 is 5.54 Å². The molecule has 0 aromatic carbocycles. The summed E-state index contributed by atoms with van der Waals surface area (Å²) in [5.74, 6) is -0.326. The number of hydrogen-bond donors (Lipinski definition) is 1. The first-order chi connectivity index (χ1) is 8.34. The van der Waals surface area contributed by atoms with E-state index in [0.29, 0.717) is 18.8 Å². The van der Waals surface area contributed by atoms with E-state index in [0.717, 1.165) is 5.69 Å². The lowest BCUT2D eigenvalue weighted by atomic mass is 9.98. The average molecular weight is 250 g/mol. The SMILES string of the molecule is Cc1cc(C(=O)N2CCNC(=O)C2(C)C)nn1C. The van der Waals surface area contributed by atoms with Crippen LogP contribution in [0.25, 0.3) is 0 Å². The van der Waals surface area contributed by atoms with Crippen molar-refractivity contribution in [1.29, 1.82) is 0 Å². The van der Waals surface area contributed by atoms with Crippen LogP contribution >= 0.6 is 0 Å². The van der Waals surface area contributed by atoms with Gasteiger partial charge in [0, 0.05) is 25.8 Å². The predicted molar refractivity (Wildman–Crippen MR) is 66.1 cm³/mol. The Morgan fingerprint density at radius 2 is 2.17 bits per heavy atom. The molecule has 1 aliphatic rings. The number of nitrogens with zero attached hydrogens (tertiary/aromatic N) is 3. The van der Waals surface area contributed by atoms with E-state index in [-0.39, 0.29) is 11.8 Å². The third-order valence-corrected chi connectivity index (χ3v) is 3.43. The largest absolute Gasteiger partial charge is 0.352 e. The highest BCUT2D eigenvalue weighted by atomic mass is 16.2. The van der Waals surface area contributed by atoms with Crippen molar-refractivity contribution >= 4 is 11.8 Å². The lowest BCUT2D eigenvalue weighted by molar-refractivity contribution is -0.133. The Kier molecular flexibility index (Phi) is 2.88. The number of carbonyl (C=O) groups excluding carboxylic acids is 2. The maximum absolute atomic E-state index is 12.4. The van der Waals surface area contributed by atoms with Gasteiger partial charge in [-0.2, -0.15) is 5.10 Å². The van der Waals surface area contributed by atoms with Crippen molar-refractivity contribution in [3.63, 3.8) is 0 Å². The van der Waals surface area contributed by atoms with Gasteiger partial charge < -0.3 is 10.2 Å². The van der Waals surface area contributed by atoms with Crippen LogP contribution in [-0.4, -0.2) is 45.1 Å². The Balaban J connectivity index is 2.30. The number of hydrogen-bond acceptors (Lipinski definition) is 3. The van der Waals surface area contributed by atoms with E-state index in [9.17, 15) is 9.59 Å². The minimum atomic E-state index is -0.833. The van der Waals surface area contributed by atoms with Gasteiger partial charge in [0.05, 0.1) is 0 Å². The Morgan fingerprint density at radius 3 is 2.72 bits per heavy atom. The van der Waals surface area contributed by atoms with Gasteiger partial charge in [-0.25, -0.2) is 0 Å². The Hall–Kier alpha value is -1.85. The first-order valence-electron chi connectivity index (χ1n) is 5.95. The van der Waals surface area contributed by atoms with Crippen molar-refractivity contribution in [3.05, 3.63) is 17.5 Å². The minimum absolute atomic E-state index is 0.130. The van der Waals surface area contributed by atoms with E-state index in [1.165, 1.54) is 0 Å². The van der Waals surface area contributed by atoms with Crippen molar-refractivity contribution in [2.75, 3.05) is 13.1 Å². The zero-order chi connectivity index (χ0) is 13.5. The molecule has 1 fully saturated rings. The summed E-state index contributed by atoms with van der Waals surface area (Å²) in [5, 5.41) is 6.94. The molecule has 2 amide bonds. The first kappa shape index (κ1) is 12.6. The number of aromatic nitrogens is 2. The van der Waals surface area contributed by atoms with E-state index in [1.54, 1.807) is 36.5 Å². The molecule has 1 aromatic rings. The normalized spacial score (nSPS) is 18.7. The highest BCUT2D eigenvalue weighted by Gasteiger charge is 2.41. The molecule has 0 spiro atoms. The summed E-state index contributed by atoms with van der Waals surface area (Å²) in [5.41, 5.74) is 0.469. The van der Waals surface area contributed by atoms with Crippen LogP contribution in [0.3, 0.4) is 0 Å². The van der Waals surface area contributed by atoms with E-state index >= 15 is 0 Å². The molecule has 0 radical (unpaired) electrons. The summed E-state index contributed by atoms with van der Waals surface area (Å²) in [6, 6.07) is 1.74. The maximum Gasteiger partial charge on any atom is 0.275 e. The number of nitrogens with one attached hydrogen (secondary N) is 1. The molecule has 1 aliphatic heterocycles. The second kappa shape index (κ2) is 4.12. The maximum atomic E-state index is 12.4. The predicted octanol–water partition coefficient (Wildman–Crippen LogP) is 0.0791. The van der Waals surface area contributed by atoms with Crippen LogP contribution in [-0.2, 0) is 11.8 Å². The summed E-state index contributed by atoms with van der Waals surface area (Å²) in [6.07, 6.45) is 0. The van der Waals surface area contributed by atoms with Gasteiger partial charge in [0.15, 0.2) is 5.69 Å². The number of amides is 2. The molecule has 1 aromatic heterocycles. The molecule has 0 aliphatic carbocycles. The fourth-order valence-corrected chi connectivity index (χ4v) is 2.06. The van der Waals surface area contributed by atoms with Crippen molar-refractivity contribution in [1.82, 2.24) is 20.0 Å². The third-order valence-electron chi connectivity index (χ3n) is 3.43. The number of carbonyl (C=O) groups is 2. The highest BCUT2D eigenvalue weighted by molar-refractivity contribution is 5.98. The molecule has 1 N–H and O–H groups in total. The van der Waals surface area contributed by atoms with Gasteiger partial charge in [-0.15, -0.1) is 0 Å². The topological polar surface area (TPSA) is 67.2 Å². The molecule has 0 unspecified atom stereocenters. The third kappa shape index (κ3) is 1.87. The molecule has 0 atom stereocenters. The summed E-state index contributed by atoms with van der Waals surface area (Å²) in [6.45, 7) is 6.37. The van der Waals surface area contributed by atoms with Gasteiger partial charge in [-0.3, -0.25) is 14.3 Å². The van der Waals surface area contributed by atoms with Crippen LogP contribution in [0.1, 0.15) is 30.0 Å². The lowest BCUT2D eigenvalue weighted by Gasteiger charge is -2.40. The Morgan fingerprint density at radius 1 is 1.50 bits per heavy atom. The van der Waals surface area contributed by atoms with Gasteiger partial charge in [0.25, 0.3) is 5.91 Å². The average Bonchev–Trinajstić information content (AvgIpc) is 2.62. The second-order valence-corrected chi connectivity index (χ2v) is 5.07. The van der Waals surface area contributed by atoms with Gasteiger partial charge in [-0.05, 0) is 26.8 Å². The van der Waals surface area contributed by atoms with E-state index in [1.807, 2.05) is 6.92 Å². The van der Waals surface area contributed by atoms with Gasteiger partial charge in [0.2, 0.25) is 5.91 Å². The Bertz CT molecular complexity index is 485. The van der Waals surface area contributed by atoms with Crippen LogP contribution in [0.2, 0.25) is 0 Å². The minimum Gasteiger partial charge on any atom is -0.352 e. The molecule has 0 bridgehead atoms. The molecule has 98 valence electrons. The first-order valence-corrected chi connectivity index (χ1v) is 5.95. The summed E-state index contributed by atoms with van der Waals surface area (Å²) >= 11 is 0. The van der Waals surface area contributed by atoms with Crippen LogP contribution in [0.4, 0.5) is 0 Å². The van der Waals surface area contributed by atoms with Crippen LogP contribution in [0.15, 0.2) is 6.07 Å². The molecule has 2 rings (SSSR count). The Labute approximate surface area is 106 Å². The van der Waals surface area contributed by atoms with Crippen LogP contribution < -0.4 is 5.32 Å². The zero-order valence-electron chi connectivity index (χ0n) is 11.1. The van der Waals surface area contributed by atoms with Crippen molar-refractivity contribution in [2.45, 2.75) is 26.3 Å².